The lowest BCUT2D eigenvalue weighted by atomic mass is 9.93. The Morgan fingerprint density at radius 2 is 1.80 bits per heavy atom. The number of rotatable bonds is 6. The van der Waals surface area contributed by atoms with Crippen molar-refractivity contribution in [3.8, 4) is 0 Å². The van der Waals surface area contributed by atoms with E-state index in [1.807, 2.05) is 38.2 Å². The van der Waals surface area contributed by atoms with E-state index in [1.165, 1.54) is 0 Å². The number of amides is 2. The normalized spacial score (nSPS) is 21.0. The number of benzene rings is 1. The molecule has 1 aliphatic rings. The molecule has 6 heteroatoms. The summed E-state index contributed by atoms with van der Waals surface area (Å²) < 4.78 is 0. The molecule has 0 radical (unpaired) electrons. The van der Waals surface area contributed by atoms with Gasteiger partial charge in [0.15, 0.2) is 0 Å². The summed E-state index contributed by atoms with van der Waals surface area (Å²) in [6.07, 6.45) is 1.71. The van der Waals surface area contributed by atoms with Gasteiger partial charge in [-0.3, -0.25) is 14.5 Å². The van der Waals surface area contributed by atoms with Crippen LogP contribution >= 0.6 is 0 Å². The first-order valence-corrected chi connectivity index (χ1v) is 8.81. The molecule has 0 bridgehead atoms. The summed E-state index contributed by atoms with van der Waals surface area (Å²) in [5.74, 6) is -0.347. The van der Waals surface area contributed by atoms with Crippen LogP contribution in [-0.2, 0) is 16.1 Å². The molecule has 1 saturated heterocycles. The van der Waals surface area contributed by atoms with E-state index >= 15 is 0 Å². The predicted molar refractivity (Wildman–Crippen MR) is 100 cm³/mol. The van der Waals surface area contributed by atoms with Gasteiger partial charge in [0.1, 0.15) is 0 Å². The lowest BCUT2D eigenvalue weighted by molar-refractivity contribution is -0.134. The zero-order valence-electron chi connectivity index (χ0n) is 15.7. The van der Waals surface area contributed by atoms with Gasteiger partial charge in [0.05, 0.1) is 12.5 Å². The summed E-state index contributed by atoms with van der Waals surface area (Å²) in [6, 6.07) is 8.50. The topological polar surface area (TPSA) is 69.9 Å². The summed E-state index contributed by atoms with van der Waals surface area (Å²) >= 11 is 0. The van der Waals surface area contributed by atoms with Crippen LogP contribution in [0.5, 0.6) is 0 Å². The highest BCUT2D eigenvalue weighted by Gasteiger charge is 2.30. The predicted octanol–water partition coefficient (Wildman–Crippen LogP) is 1.30. The third-order valence-electron chi connectivity index (χ3n) is 5.05. The molecule has 2 atom stereocenters. The number of piperidine rings is 1. The Hall–Kier alpha value is -2.08. The molecule has 2 N–H and O–H groups in total. The van der Waals surface area contributed by atoms with E-state index in [1.54, 1.807) is 4.90 Å². The first kappa shape index (κ1) is 19.2. The van der Waals surface area contributed by atoms with Crippen molar-refractivity contribution in [2.45, 2.75) is 32.4 Å². The highest BCUT2D eigenvalue weighted by Crippen LogP contribution is 2.21. The minimum Gasteiger partial charge on any atom is -0.378 e. The first-order valence-electron chi connectivity index (χ1n) is 8.81. The molecule has 138 valence electrons. The lowest BCUT2D eigenvalue weighted by Crippen LogP contribution is -2.49. The Morgan fingerprint density at radius 3 is 2.36 bits per heavy atom. The zero-order valence-corrected chi connectivity index (χ0v) is 15.7. The van der Waals surface area contributed by atoms with Crippen LogP contribution in [0.4, 0.5) is 5.69 Å². The summed E-state index contributed by atoms with van der Waals surface area (Å²) in [5.41, 5.74) is 7.67. The Kier molecular flexibility index (Phi) is 6.42. The van der Waals surface area contributed by atoms with Crippen molar-refractivity contribution in [3.05, 3.63) is 29.8 Å². The molecular formula is C19H30N4O2. The molecule has 2 unspecified atom stereocenters. The van der Waals surface area contributed by atoms with Crippen LogP contribution in [0.3, 0.4) is 0 Å². The number of hydrogen-bond acceptors (Lipinski definition) is 4. The van der Waals surface area contributed by atoms with Crippen LogP contribution in [0.25, 0.3) is 0 Å². The quantitative estimate of drug-likeness (QED) is 0.843. The number of likely N-dealkylation sites (tertiary alicyclic amines) is 1. The fourth-order valence-electron chi connectivity index (χ4n) is 3.19. The number of anilines is 1. The fraction of sp³-hybridized carbons (Fsp3) is 0.579. The smallest absolute Gasteiger partial charge is 0.236 e. The average Bonchev–Trinajstić information content (AvgIpc) is 2.57. The number of likely N-dealkylation sites (N-methyl/N-ethyl adjacent to an activating group) is 1. The Balaban J connectivity index is 1.91. The fourth-order valence-corrected chi connectivity index (χ4v) is 3.19. The molecule has 1 fully saturated rings. The van der Waals surface area contributed by atoms with Crippen molar-refractivity contribution in [1.29, 1.82) is 0 Å². The van der Waals surface area contributed by atoms with Gasteiger partial charge in [0.2, 0.25) is 11.8 Å². The Bertz CT molecular complexity index is 600. The second-order valence-electron chi connectivity index (χ2n) is 7.27. The number of hydrogen-bond donors (Lipinski definition) is 1. The van der Waals surface area contributed by atoms with Gasteiger partial charge in [0, 0.05) is 46.0 Å². The highest BCUT2D eigenvalue weighted by molar-refractivity contribution is 5.79. The molecule has 0 spiro atoms. The second kappa shape index (κ2) is 8.34. The van der Waals surface area contributed by atoms with Gasteiger partial charge in [-0.05, 0) is 37.5 Å². The summed E-state index contributed by atoms with van der Waals surface area (Å²) in [7, 11) is 5.83. The maximum absolute atomic E-state index is 12.6. The minimum absolute atomic E-state index is 0.0636. The Morgan fingerprint density at radius 1 is 1.16 bits per heavy atom. The molecule has 1 heterocycles. The number of nitrogens with zero attached hydrogens (tertiary/aromatic N) is 3. The van der Waals surface area contributed by atoms with Crippen LogP contribution in [0, 0.1) is 5.92 Å². The monoisotopic (exact) mass is 346 g/mol. The van der Waals surface area contributed by atoms with E-state index in [4.69, 9.17) is 5.73 Å². The van der Waals surface area contributed by atoms with E-state index in [9.17, 15) is 9.59 Å². The first-order chi connectivity index (χ1) is 11.8. The van der Waals surface area contributed by atoms with Crippen molar-refractivity contribution in [2.24, 2.45) is 11.7 Å². The van der Waals surface area contributed by atoms with E-state index in [0.29, 0.717) is 25.7 Å². The third-order valence-corrected chi connectivity index (χ3v) is 5.05. The van der Waals surface area contributed by atoms with Gasteiger partial charge >= 0.3 is 0 Å². The van der Waals surface area contributed by atoms with Gasteiger partial charge in [-0.15, -0.1) is 0 Å². The van der Waals surface area contributed by atoms with Gasteiger partial charge in [0.25, 0.3) is 0 Å². The molecule has 1 aromatic rings. The largest absolute Gasteiger partial charge is 0.378 e. The van der Waals surface area contributed by atoms with E-state index in [-0.39, 0.29) is 17.7 Å². The lowest BCUT2D eigenvalue weighted by Gasteiger charge is -2.37. The molecule has 2 amide bonds. The number of primary amides is 1. The van der Waals surface area contributed by atoms with E-state index < -0.39 is 0 Å². The van der Waals surface area contributed by atoms with Gasteiger partial charge in [-0.25, -0.2) is 0 Å². The van der Waals surface area contributed by atoms with Crippen LogP contribution in [0.15, 0.2) is 24.3 Å². The molecular weight excluding hydrogens is 316 g/mol. The number of nitrogens with two attached hydrogens (primary N) is 1. The molecule has 0 saturated carbocycles. The molecule has 1 aliphatic heterocycles. The van der Waals surface area contributed by atoms with Crippen molar-refractivity contribution in [1.82, 2.24) is 9.80 Å². The van der Waals surface area contributed by atoms with Crippen molar-refractivity contribution in [2.75, 3.05) is 39.1 Å². The van der Waals surface area contributed by atoms with Gasteiger partial charge in [-0.2, -0.15) is 0 Å². The standard InChI is InChI=1S/C19H30N4O2/c1-14-5-8-16(19(20)25)12-23(14)13-18(24)22(4)11-15-6-9-17(10-7-15)21(2)3/h6-7,9-10,14,16H,5,8,11-13H2,1-4H3,(H2,20,25). The van der Waals surface area contributed by atoms with Gasteiger partial charge in [-0.1, -0.05) is 12.1 Å². The second-order valence-corrected chi connectivity index (χ2v) is 7.27. The summed E-state index contributed by atoms with van der Waals surface area (Å²) in [6.45, 7) is 3.59. The van der Waals surface area contributed by atoms with Gasteiger partial charge < -0.3 is 15.5 Å². The van der Waals surface area contributed by atoms with E-state index in [2.05, 4.69) is 24.0 Å². The van der Waals surface area contributed by atoms with Crippen LogP contribution < -0.4 is 10.6 Å². The van der Waals surface area contributed by atoms with Crippen molar-refractivity contribution in [3.63, 3.8) is 0 Å². The summed E-state index contributed by atoms with van der Waals surface area (Å²) in [5, 5.41) is 0. The molecule has 2 rings (SSSR count). The summed E-state index contributed by atoms with van der Waals surface area (Å²) in [4.78, 5) is 29.9. The minimum atomic E-state index is -0.265. The Labute approximate surface area is 150 Å². The third kappa shape index (κ3) is 5.19. The van der Waals surface area contributed by atoms with Crippen LogP contribution in [-0.4, -0.2) is 61.9 Å². The average molecular weight is 346 g/mol. The van der Waals surface area contributed by atoms with Crippen LogP contribution in [0.2, 0.25) is 0 Å². The van der Waals surface area contributed by atoms with Crippen molar-refractivity contribution >= 4 is 17.5 Å². The number of carbonyl (C=O) groups excluding carboxylic acids is 2. The molecule has 1 aromatic carbocycles. The van der Waals surface area contributed by atoms with Crippen molar-refractivity contribution < 1.29 is 9.59 Å². The molecule has 6 nitrogen and oxygen atoms in total. The molecule has 0 aromatic heterocycles. The van der Waals surface area contributed by atoms with Crippen LogP contribution in [0.1, 0.15) is 25.3 Å². The SMILES string of the molecule is CC1CCC(C(N)=O)CN1CC(=O)N(C)Cc1ccc(N(C)C)cc1. The highest BCUT2D eigenvalue weighted by atomic mass is 16.2. The maximum Gasteiger partial charge on any atom is 0.236 e. The number of carbonyl (C=O) groups is 2. The van der Waals surface area contributed by atoms with E-state index in [0.717, 1.165) is 24.1 Å². The maximum atomic E-state index is 12.6. The zero-order chi connectivity index (χ0) is 18.6. The molecule has 0 aliphatic carbocycles. The molecule has 25 heavy (non-hydrogen) atoms.